The molecule has 5 rings (SSSR count). The number of rotatable bonds is 6. The highest BCUT2D eigenvalue weighted by molar-refractivity contribution is 5.98. The molecule has 9 atom stereocenters. The number of nitrogens with zero attached hydrogens (tertiary/aromatic N) is 3. The maximum absolute atomic E-state index is 14.5. The van der Waals surface area contributed by atoms with Crippen LogP contribution in [-0.4, -0.2) is 130 Å². The number of ether oxygens (including phenoxy) is 1. The molecule has 3 aliphatic heterocycles. The molecular weight excluding hydrogens is 748 g/mol. The Morgan fingerprint density at radius 2 is 1.53 bits per heavy atom. The van der Waals surface area contributed by atoms with Crippen molar-refractivity contribution in [1.29, 1.82) is 0 Å². The Hall–Kier alpha value is -5.65. The van der Waals surface area contributed by atoms with E-state index < -0.39 is 108 Å². The van der Waals surface area contributed by atoms with Crippen LogP contribution in [0.3, 0.4) is 0 Å². The topological polar surface area (TPSA) is 207 Å². The van der Waals surface area contributed by atoms with Gasteiger partial charge in [-0.15, -0.1) is 0 Å². The summed E-state index contributed by atoms with van der Waals surface area (Å²) in [5, 5.41) is 20.9. The predicted octanol–water partition coefficient (Wildman–Crippen LogP) is 0.987. The fourth-order valence-electron chi connectivity index (χ4n) is 7.33. The maximum Gasteiger partial charge on any atom is 0.329 e. The zero-order chi connectivity index (χ0) is 41.9. The van der Waals surface area contributed by atoms with E-state index in [1.54, 1.807) is 24.3 Å². The molecule has 3 saturated heterocycles. The van der Waals surface area contributed by atoms with Gasteiger partial charge in [-0.25, -0.2) is 18.4 Å². The van der Waals surface area contributed by atoms with Gasteiger partial charge in [-0.1, -0.05) is 24.6 Å². The number of hydrogen-bond donors (Lipinski definition) is 5. The smallest absolute Gasteiger partial charge is 0.329 e. The molecule has 18 heteroatoms. The number of halogens is 2. The third-order valence-corrected chi connectivity index (χ3v) is 10.6. The number of aliphatic hydroxyl groups is 1. The molecule has 3 fully saturated rings. The van der Waals surface area contributed by atoms with Crippen LogP contribution in [0.25, 0.3) is 0 Å². The zero-order valence-corrected chi connectivity index (χ0v) is 32.6. The van der Waals surface area contributed by atoms with Crippen LogP contribution < -0.4 is 21.3 Å². The summed E-state index contributed by atoms with van der Waals surface area (Å²) in [6.45, 7) is 7.67. The molecule has 7 amide bonds. The Kier molecular flexibility index (Phi) is 13.2. The second kappa shape index (κ2) is 17.7. The lowest BCUT2D eigenvalue weighted by molar-refractivity contribution is -0.162. The van der Waals surface area contributed by atoms with E-state index in [0.717, 1.165) is 27.5 Å². The monoisotopic (exact) mass is 797 g/mol. The van der Waals surface area contributed by atoms with Crippen LogP contribution in [0, 0.1) is 24.5 Å². The summed E-state index contributed by atoms with van der Waals surface area (Å²) in [5.74, 6) is -6.88. The summed E-state index contributed by atoms with van der Waals surface area (Å²) in [6.07, 6.45) is -3.14. The van der Waals surface area contributed by atoms with Crippen molar-refractivity contribution in [1.82, 2.24) is 30.7 Å². The second-order valence-corrected chi connectivity index (χ2v) is 15.2. The molecule has 2 aromatic carbocycles. The van der Waals surface area contributed by atoms with Gasteiger partial charge in [-0.3, -0.25) is 24.0 Å². The number of likely N-dealkylation sites (N-methyl/N-ethyl adjacent to an activating group) is 1. The summed E-state index contributed by atoms with van der Waals surface area (Å²) in [6, 6.07) is 0.436. The number of benzene rings is 2. The van der Waals surface area contributed by atoms with Gasteiger partial charge >= 0.3 is 12.0 Å². The SMILES string of the molecule is Cc1ccc(NC(=O)N[C@@H](Cc2cc(F)cc(F)c2)C(=O)N[C@@H]2C(=O)N3C[C@H](O)CC3C(=O)N(C)[C@@H](C)C(=O)N[C@@H](C)C(=O)N3C[C@@H](C)CC3C(=O)O[C@H]2C)cc1. The van der Waals surface area contributed by atoms with E-state index >= 15 is 0 Å². The number of nitrogens with one attached hydrogen (secondary N) is 4. The Balaban J connectivity index is 1.51. The summed E-state index contributed by atoms with van der Waals surface area (Å²) < 4.78 is 34.4. The van der Waals surface area contributed by atoms with Crippen LogP contribution in [0.15, 0.2) is 42.5 Å². The number of anilines is 1. The molecule has 0 aliphatic carbocycles. The first kappa shape index (κ1) is 42.5. The van der Waals surface area contributed by atoms with Gasteiger partial charge in [-0.05, 0) is 69.9 Å². The lowest BCUT2D eigenvalue weighted by Crippen LogP contribution is -2.62. The van der Waals surface area contributed by atoms with Crippen molar-refractivity contribution >= 4 is 47.2 Å². The molecule has 5 N–H and O–H groups in total. The summed E-state index contributed by atoms with van der Waals surface area (Å²) in [7, 11) is 1.34. The first-order valence-corrected chi connectivity index (χ1v) is 18.8. The number of fused-ring (bicyclic) bond motifs is 2. The van der Waals surface area contributed by atoms with Crippen molar-refractivity contribution in [2.45, 2.75) is 102 Å². The van der Waals surface area contributed by atoms with Crippen LogP contribution in [0.1, 0.15) is 51.7 Å². The lowest BCUT2D eigenvalue weighted by atomic mass is 10.0. The highest BCUT2D eigenvalue weighted by atomic mass is 19.1. The molecule has 0 bridgehead atoms. The van der Waals surface area contributed by atoms with Crippen LogP contribution >= 0.6 is 0 Å². The van der Waals surface area contributed by atoms with E-state index in [4.69, 9.17) is 4.74 Å². The number of aliphatic hydroxyl groups excluding tert-OH is 1. The maximum atomic E-state index is 14.5. The Morgan fingerprint density at radius 1 is 0.895 bits per heavy atom. The average molecular weight is 798 g/mol. The van der Waals surface area contributed by atoms with Crippen molar-refractivity contribution < 1.29 is 52.2 Å². The van der Waals surface area contributed by atoms with Gasteiger partial charge in [-0.2, -0.15) is 0 Å². The van der Waals surface area contributed by atoms with E-state index in [9.17, 15) is 47.4 Å². The van der Waals surface area contributed by atoms with E-state index in [1.807, 2.05) is 13.8 Å². The number of hydrogen-bond acceptors (Lipinski definition) is 9. The normalized spacial score (nSPS) is 27.9. The third kappa shape index (κ3) is 10.0. The number of carbonyl (C=O) groups excluding carboxylic acids is 7. The molecule has 3 aliphatic rings. The Bertz CT molecular complexity index is 1880. The van der Waals surface area contributed by atoms with E-state index in [1.165, 1.54) is 32.7 Å². The lowest BCUT2D eigenvalue weighted by Gasteiger charge is -2.36. The van der Waals surface area contributed by atoms with Gasteiger partial charge in [0.25, 0.3) is 0 Å². The predicted molar refractivity (Wildman–Crippen MR) is 200 cm³/mol. The zero-order valence-electron chi connectivity index (χ0n) is 32.6. The molecule has 2 aromatic rings. The van der Waals surface area contributed by atoms with Gasteiger partial charge in [0, 0.05) is 44.7 Å². The summed E-state index contributed by atoms with van der Waals surface area (Å²) in [4.78, 5) is 100. The standard InChI is InChI=1S/C39H49F2N7O9/c1-19-7-9-27(10-8-19)43-39(56)44-29(14-24-12-25(40)15-26(41)13-24)34(51)45-32-23(5)57-38(55)31-11-20(2)17-47(31)35(52)21(3)42-33(50)22(4)46(6)36(53)30-16-28(49)18-48(30)37(32)54/h7-10,12-13,15,20-23,28-32,49H,11,14,16-18H2,1-6H3,(H,42,50)(H,45,51)(H2,43,44,56)/t20-,21-,22-,23-,28+,29-,30?,31?,32-/m0/s1. The molecule has 0 saturated carbocycles. The molecule has 0 radical (unpaired) electrons. The highest BCUT2D eigenvalue weighted by Crippen LogP contribution is 2.27. The van der Waals surface area contributed by atoms with E-state index in [0.29, 0.717) is 11.8 Å². The molecule has 2 unspecified atom stereocenters. The summed E-state index contributed by atoms with van der Waals surface area (Å²) in [5.41, 5.74) is 1.26. The van der Waals surface area contributed by atoms with E-state index in [2.05, 4.69) is 21.3 Å². The number of carbonyl (C=O) groups is 7. The number of aryl methyl sites for hydroxylation is 1. The van der Waals surface area contributed by atoms with Crippen molar-refractivity contribution in [3.05, 3.63) is 65.2 Å². The molecule has 57 heavy (non-hydrogen) atoms. The highest BCUT2D eigenvalue weighted by Gasteiger charge is 2.47. The minimum atomic E-state index is -1.75. The van der Waals surface area contributed by atoms with Crippen molar-refractivity contribution in [2.75, 3.05) is 25.5 Å². The first-order chi connectivity index (χ1) is 26.8. The van der Waals surface area contributed by atoms with Crippen molar-refractivity contribution in [2.24, 2.45) is 5.92 Å². The summed E-state index contributed by atoms with van der Waals surface area (Å²) >= 11 is 0. The largest absolute Gasteiger partial charge is 0.458 e. The van der Waals surface area contributed by atoms with Crippen molar-refractivity contribution in [3.63, 3.8) is 0 Å². The molecule has 16 nitrogen and oxygen atoms in total. The van der Waals surface area contributed by atoms with Crippen LogP contribution in [0.5, 0.6) is 0 Å². The molecule has 308 valence electrons. The van der Waals surface area contributed by atoms with E-state index in [-0.39, 0.29) is 37.4 Å². The Morgan fingerprint density at radius 3 is 2.18 bits per heavy atom. The Labute approximate surface area is 328 Å². The van der Waals surface area contributed by atoms with Crippen LogP contribution in [0.2, 0.25) is 0 Å². The van der Waals surface area contributed by atoms with Gasteiger partial charge < -0.3 is 45.8 Å². The van der Waals surface area contributed by atoms with Gasteiger partial charge in [0.2, 0.25) is 29.5 Å². The van der Waals surface area contributed by atoms with Gasteiger partial charge in [0.1, 0.15) is 54.0 Å². The minimum Gasteiger partial charge on any atom is -0.458 e. The number of cyclic esters (lactones) is 1. The van der Waals surface area contributed by atoms with Gasteiger partial charge in [0.05, 0.1) is 6.10 Å². The minimum absolute atomic E-state index is 0.0176. The molecule has 0 aromatic heterocycles. The fraction of sp³-hybridized carbons (Fsp3) is 0.513. The van der Waals surface area contributed by atoms with Crippen LogP contribution in [0.4, 0.5) is 19.3 Å². The molecular formula is C39H49F2N7O9. The fourth-order valence-corrected chi connectivity index (χ4v) is 7.33. The number of urea groups is 1. The number of amides is 7. The third-order valence-electron chi connectivity index (χ3n) is 10.6. The number of esters is 1. The quantitative estimate of drug-likeness (QED) is 0.264. The molecule has 0 spiro atoms. The van der Waals surface area contributed by atoms with Crippen LogP contribution in [-0.2, 0) is 39.9 Å². The second-order valence-electron chi connectivity index (χ2n) is 15.2. The average Bonchev–Trinajstić information content (AvgIpc) is 3.74. The first-order valence-electron chi connectivity index (χ1n) is 18.8. The molecule has 3 heterocycles. The van der Waals surface area contributed by atoms with Crippen molar-refractivity contribution in [3.8, 4) is 0 Å². The van der Waals surface area contributed by atoms with Gasteiger partial charge in [0.15, 0.2) is 0 Å².